The van der Waals surface area contributed by atoms with E-state index in [4.69, 9.17) is 4.74 Å². The highest BCUT2D eigenvalue weighted by Gasteiger charge is 2.44. The van der Waals surface area contributed by atoms with Crippen LogP contribution >= 0.6 is 23.1 Å². The summed E-state index contributed by atoms with van der Waals surface area (Å²) in [6, 6.07) is 11.5. The molecule has 4 aromatic rings. The summed E-state index contributed by atoms with van der Waals surface area (Å²) in [6.45, 7) is 3.93. The Morgan fingerprint density at radius 1 is 1.20 bits per heavy atom. The topological polar surface area (TPSA) is 77.2 Å². The summed E-state index contributed by atoms with van der Waals surface area (Å²) < 4.78 is 8.63. The van der Waals surface area contributed by atoms with Gasteiger partial charge in [0.15, 0.2) is 0 Å². The van der Waals surface area contributed by atoms with Gasteiger partial charge in [-0.15, -0.1) is 23.1 Å². The molecule has 1 aliphatic rings. The van der Waals surface area contributed by atoms with Crippen molar-refractivity contribution in [1.29, 1.82) is 0 Å². The quantitative estimate of drug-likeness (QED) is 0.452. The molecule has 0 radical (unpaired) electrons. The molecule has 0 fully saturated rings. The molecule has 0 amide bonds. The molecule has 1 unspecified atom stereocenters. The molecule has 0 spiro atoms. The van der Waals surface area contributed by atoms with Gasteiger partial charge in [-0.05, 0) is 43.7 Å². The van der Waals surface area contributed by atoms with Gasteiger partial charge in [0.2, 0.25) is 0 Å². The number of aromatic nitrogens is 3. The van der Waals surface area contributed by atoms with E-state index in [0.29, 0.717) is 5.75 Å². The Hall–Kier alpha value is -2.84. The number of ether oxygens (including phenoxy) is 1. The van der Waals surface area contributed by atoms with E-state index in [0.717, 1.165) is 37.0 Å². The predicted molar refractivity (Wildman–Crippen MR) is 119 cm³/mol. The first-order valence-corrected chi connectivity index (χ1v) is 11.1. The van der Waals surface area contributed by atoms with Gasteiger partial charge in [-0.1, -0.05) is 6.07 Å². The number of rotatable bonds is 4. The molecule has 30 heavy (non-hydrogen) atoms. The van der Waals surface area contributed by atoms with Crippen molar-refractivity contribution in [2.75, 3.05) is 0 Å². The van der Waals surface area contributed by atoms with Gasteiger partial charge >= 0.3 is 5.97 Å². The molecule has 5 rings (SSSR count). The van der Waals surface area contributed by atoms with Crippen LogP contribution in [0.25, 0.3) is 20.8 Å². The van der Waals surface area contributed by atoms with Crippen LogP contribution in [0.1, 0.15) is 25.3 Å². The average Bonchev–Trinajstić information content (AvgIpc) is 3.35. The van der Waals surface area contributed by atoms with E-state index >= 15 is 0 Å². The minimum Gasteiger partial charge on any atom is -0.481 e. The first-order valence-electron chi connectivity index (χ1n) is 9.44. The molecule has 1 N–H and O–H groups in total. The fraction of sp³-hybridized carbons (Fsp3) is 0.227. The number of carbonyl (C=O) groups is 1. The van der Waals surface area contributed by atoms with Crippen molar-refractivity contribution in [1.82, 2.24) is 14.8 Å². The number of aliphatic carboxylic acids is 1. The van der Waals surface area contributed by atoms with Crippen LogP contribution in [0.2, 0.25) is 0 Å². The number of fused-ring (bicyclic) bond motifs is 2. The van der Waals surface area contributed by atoms with Gasteiger partial charge in [0.05, 0.1) is 26.7 Å². The first kappa shape index (κ1) is 19.1. The standard InChI is InChI=1S/C22H19N3O3S2/c1-22(2)19(21(26)27)13-5-4-12(10-17(13)30-22)28-16-7-8-23-14-11-18(29-20(14)16)15-6-9-24-25(15)3/h4-11,19H,1-3H3,(H,26,27). The second-order valence-electron chi connectivity index (χ2n) is 7.75. The van der Waals surface area contributed by atoms with Gasteiger partial charge in [-0.25, -0.2) is 0 Å². The largest absolute Gasteiger partial charge is 0.481 e. The number of nitrogens with zero attached hydrogens (tertiary/aromatic N) is 3. The maximum Gasteiger partial charge on any atom is 0.312 e. The van der Waals surface area contributed by atoms with Crippen LogP contribution in [0, 0.1) is 0 Å². The molecular weight excluding hydrogens is 418 g/mol. The predicted octanol–water partition coefficient (Wildman–Crippen LogP) is 5.54. The molecule has 1 aliphatic heterocycles. The van der Waals surface area contributed by atoms with Crippen molar-refractivity contribution in [3.63, 3.8) is 0 Å². The summed E-state index contributed by atoms with van der Waals surface area (Å²) in [5.41, 5.74) is 2.75. The monoisotopic (exact) mass is 437 g/mol. The number of carboxylic acids is 1. The van der Waals surface area contributed by atoms with Crippen molar-refractivity contribution in [3.8, 4) is 22.1 Å². The SMILES string of the molecule is Cn1nccc1-c1cc2nccc(Oc3ccc4c(c3)SC(C)(C)C4C(=O)O)c2s1. The molecule has 0 aliphatic carbocycles. The number of pyridine rings is 1. The fourth-order valence-electron chi connectivity index (χ4n) is 3.92. The Kier molecular flexibility index (Phi) is 4.37. The zero-order chi connectivity index (χ0) is 21.0. The molecular formula is C22H19N3O3S2. The van der Waals surface area contributed by atoms with Crippen molar-refractivity contribution >= 4 is 39.3 Å². The van der Waals surface area contributed by atoms with Gasteiger partial charge in [0.1, 0.15) is 11.5 Å². The summed E-state index contributed by atoms with van der Waals surface area (Å²) in [7, 11) is 1.92. The van der Waals surface area contributed by atoms with Gasteiger partial charge in [-0.3, -0.25) is 14.5 Å². The third-order valence-electron chi connectivity index (χ3n) is 5.29. The highest BCUT2D eigenvalue weighted by atomic mass is 32.2. The minimum atomic E-state index is -0.794. The molecule has 8 heteroatoms. The average molecular weight is 438 g/mol. The summed E-state index contributed by atoms with van der Waals surface area (Å²) in [6.07, 6.45) is 3.52. The van der Waals surface area contributed by atoms with Crippen LogP contribution in [-0.4, -0.2) is 30.6 Å². The fourth-order valence-corrected chi connectivity index (χ4v) is 6.43. The number of benzene rings is 1. The lowest BCUT2D eigenvalue weighted by Gasteiger charge is -2.22. The molecule has 152 valence electrons. The summed E-state index contributed by atoms with van der Waals surface area (Å²) in [5, 5.41) is 13.9. The molecule has 4 heterocycles. The van der Waals surface area contributed by atoms with E-state index in [1.165, 1.54) is 0 Å². The molecule has 0 saturated heterocycles. The van der Waals surface area contributed by atoms with Gasteiger partial charge in [-0.2, -0.15) is 5.10 Å². The highest BCUT2D eigenvalue weighted by Crippen LogP contribution is 2.54. The molecule has 0 bridgehead atoms. The molecule has 0 saturated carbocycles. The van der Waals surface area contributed by atoms with E-state index < -0.39 is 16.6 Å². The second kappa shape index (κ2) is 6.85. The Bertz CT molecular complexity index is 1290. The Morgan fingerprint density at radius 3 is 2.77 bits per heavy atom. The number of hydrogen-bond acceptors (Lipinski definition) is 6. The van der Waals surface area contributed by atoms with Crippen LogP contribution in [0.5, 0.6) is 11.5 Å². The first-order chi connectivity index (χ1) is 14.3. The van der Waals surface area contributed by atoms with Crippen LogP contribution in [0.3, 0.4) is 0 Å². The summed E-state index contributed by atoms with van der Waals surface area (Å²) in [5.74, 6) is 0.0939. The lowest BCUT2D eigenvalue weighted by molar-refractivity contribution is -0.139. The number of aryl methyl sites for hydroxylation is 1. The number of thioether (sulfide) groups is 1. The van der Waals surface area contributed by atoms with E-state index in [2.05, 4.69) is 10.1 Å². The lowest BCUT2D eigenvalue weighted by atomic mass is 9.88. The Balaban J connectivity index is 1.51. The summed E-state index contributed by atoms with van der Waals surface area (Å²) >= 11 is 3.20. The van der Waals surface area contributed by atoms with Crippen LogP contribution in [-0.2, 0) is 11.8 Å². The number of hydrogen-bond donors (Lipinski definition) is 1. The smallest absolute Gasteiger partial charge is 0.312 e. The van der Waals surface area contributed by atoms with Crippen LogP contribution in [0.15, 0.2) is 53.7 Å². The summed E-state index contributed by atoms with van der Waals surface area (Å²) in [4.78, 5) is 18.3. The van der Waals surface area contributed by atoms with Crippen molar-refractivity contribution in [3.05, 3.63) is 54.4 Å². The zero-order valence-electron chi connectivity index (χ0n) is 16.6. The molecule has 1 atom stereocenters. The highest BCUT2D eigenvalue weighted by molar-refractivity contribution is 8.01. The number of thiophene rings is 1. The Labute approximate surface area is 181 Å². The van der Waals surface area contributed by atoms with Crippen molar-refractivity contribution in [2.24, 2.45) is 7.05 Å². The third kappa shape index (κ3) is 3.07. The van der Waals surface area contributed by atoms with Crippen molar-refractivity contribution < 1.29 is 14.6 Å². The molecule has 6 nitrogen and oxygen atoms in total. The lowest BCUT2D eigenvalue weighted by Crippen LogP contribution is -2.27. The van der Waals surface area contributed by atoms with Gasteiger partial charge in [0, 0.05) is 35.2 Å². The van der Waals surface area contributed by atoms with E-state index in [-0.39, 0.29) is 0 Å². The normalized spacial score (nSPS) is 17.2. The van der Waals surface area contributed by atoms with Crippen molar-refractivity contribution in [2.45, 2.75) is 29.4 Å². The molecule has 3 aromatic heterocycles. The maximum atomic E-state index is 11.8. The van der Waals surface area contributed by atoms with Gasteiger partial charge in [0.25, 0.3) is 0 Å². The minimum absolute atomic E-state index is 0.400. The van der Waals surface area contributed by atoms with Crippen LogP contribution < -0.4 is 4.74 Å². The van der Waals surface area contributed by atoms with E-state index in [9.17, 15) is 9.90 Å². The van der Waals surface area contributed by atoms with Gasteiger partial charge < -0.3 is 9.84 Å². The number of carboxylic acid groups (broad SMARTS) is 1. The van der Waals surface area contributed by atoms with E-state index in [1.807, 2.05) is 62.0 Å². The zero-order valence-corrected chi connectivity index (χ0v) is 18.3. The molecule has 1 aromatic carbocycles. The van der Waals surface area contributed by atoms with E-state index in [1.54, 1.807) is 35.5 Å². The second-order valence-corrected chi connectivity index (χ2v) is 10.5. The Morgan fingerprint density at radius 2 is 2.03 bits per heavy atom. The third-order valence-corrected chi connectivity index (χ3v) is 7.78. The maximum absolute atomic E-state index is 11.8. The van der Waals surface area contributed by atoms with Crippen LogP contribution in [0.4, 0.5) is 0 Å².